The van der Waals surface area contributed by atoms with Crippen molar-refractivity contribution in [1.82, 2.24) is 10.2 Å². The van der Waals surface area contributed by atoms with Crippen LogP contribution in [0.15, 0.2) is 0 Å². The summed E-state index contributed by atoms with van der Waals surface area (Å²) < 4.78 is 25.3. The summed E-state index contributed by atoms with van der Waals surface area (Å²) in [5.74, 6) is 0. The molecule has 2 nitrogen and oxygen atoms in total. The normalized spacial score (nSPS) is 32.1. The molecule has 0 aromatic rings. The summed E-state index contributed by atoms with van der Waals surface area (Å²) in [7, 11) is 0. The first-order chi connectivity index (χ1) is 7.69. The average molecular weight is 248 g/mol. The van der Waals surface area contributed by atoms with Gasteiger partial charge in [-0.3, -0.25) is 4.90 Å². The van der Waals surface area contributed by atoms with Gasteiger partial charge in [-0.1, -0.05) is 27.7 Å². The number of piperazine rings is 1. The highest BCUT2D eigenvalue weighted by Crippen LogP contribution is 2.29. The summed E-state index contributed by atoms with van der Waals surface area (Å²) in [5.41, 5.74) is -0.0341. The molecule has 2 unspecified atom stereocenters. The maximum atomic E-state index is 12.7. The zero-order valence-electron chi connectivity index (χ0n) is 11.7. The highest BCUT2D eigenvalue weighted by molar-refractivity contribution is 4.98. The van der Waals surface area contributed by atoms with Crippen molar-refractivity contribution in [3.63, 3.8) is 0 Å². The first kappa shape index (κ1) is 14.8. The van der Waals surface area contributed by atoms with Crippen molar-refractivity contribution in [3.8, 4) is 0 Å². The molecule has 0 amide bonds. The molecule has 0 aromatic carbocycles. The summed E-state index contributed by atoms with van der Waals surface area (Å²) >= 11 is 0. The number of alkyl halides is 2. The predicted molar refractivity (Wildman–Crippen MR) is 67.5 cm³/mol. The largest absolute Gasteiger partial charge is 0.310 e. The van der Waals surface area contributed by atoms with Gasteiger partial charge in [0.05, 0.1) is 6.54 Å². The van der Waals surface area contributed by atoms with Crippen molar-refractivity contribution in [2.75, 3.05) is 19.6 Å². The zero-order valence-corrected chi connectivity index (χ0v) is 11.7. The van der Waals surface area contributed by atoms with Gasteiger partial charge in [-0.25, -0.2) is 8.78 Å². The van der Waals surface area contributed by atoms with E-state index in [1.165, 1.54) is 0 Å². The molecule has 0 aliphatic carbocycles. The van der Waals surface area contributed by atoms with E-state index in [1.54, 1.807) is 0 Å². The van der Waals surface area contributed by atoms with Crippen LogP contribution in [0.3, 0.4) is 0 Å². The van der Waals surface area contributed by atoms with Crippen molar-refractivity contribution < 1.29 is 8.78 Å². The van der Waals surface area contributed by atoms with E-state index in [1.807, 2.05) is 4.90 Å². The smallest absolute Gasteiger partial charge is 0.251 e. The number of hydrogen-bond acceptors (Lipinski definition) is 2. The van der Waals surface area contributed by atoms with E-state index >= 15 is 0 Å². The summed E-state index contributed by atoms with van der Waals surface area (Å²) in [5, 5.41) is 3.52. The first-order valence-corrected chi connectivity index (χ1v) is 6.45. The zero-order chi connectivity index (χ0) is 13.3. The van der Waals surface area contributed by atoms with E-state index in [-0.39, 0.29) is 23.5 Å². The van der Waals surface area contributed by atoms with Gasteiger partial charge in [-0.2, -0.15) is 0 Å². The van der Waals surface area contributed by atoms with Crippen molar-refractivity contribution >= 4 is 0 Å². The standard InChI is InChI=1S/C13H26F2N2/c1-6-13(5)9-16-10(12(2,3)4)7-17(13)8-11(14)15/h10-11,16H,6-9H2,1-5H3. The van der Waals surface area contributed by atoms with Crippen LogP contribution in [0.4, 0.5) is 8.78 Å². The molecule has 0 spiro atoms. The lowest BCUT2D eigenvalue weighted by atomic mass is 9.81. The first-order valence-electron chi connectivity index (χ1n) is 6.45. The van der Waals surface area contributed by atoms with E-state index in [9.17, 15) is 8.78 Å². The van der Waals surface area contributed by atoms with Crippen molar-refractivity contribution in [2.24, 2.45) is 5.41 Å². The number of hydrogen-bond donors (Lipinski definition) is 1. The summed E-state index contributed by atoms with van der Waals surface area (Å²) in [6.07, 6.45) is -1.36. The van der Waals surface area contributed by atoms with Crippen LogP contribution in [-0.4, -0.2) is 42.5 Å². The van der Waals surface area contributed by atoms with Gasteiger partial charge < -0.3 is 5.32 Å². The summed E-state index contributed by atoms with van der Waals surface area (Å²) in [6.45, 7) is 12.0. The Morgan fingerprint density at radius 1 is 1.41 bits per heavy atom. The predicted octanol–water partition coefficient (Wildman–Crippen LogP) is 2.74. The molecule has 1 N–H and O–H groups in total. The van der Waals surface area contributed by atoms with E-state index in [0.29, 0.717) is 6.54 Å². The molecule has 1 rings (SSSR count). The molecule has 2 atom stereocenters. The Balaban J connectivity index is 2.77. The molecule has 0 radical (unpaired) electrons. The second-order valence-electron chi connectivity index (χ2n) is 6.45. The van der Waals surface area contributed by atoms with E-state index < -0.39 is 6.43 Å². The molecule has 0 bridgehead atoms. The Labute approximate surface area is 104 Å². The molecule has 1 heterocycles. The van der Waals surface area contributed by atoms with Crippen LogP contribution in [0.2, 0.25) is 0 Å². The van der Waals surface area contributed by atoms with E-state index in [4.69, 9.17) is 0 Å². The van der Waals surface area contributed by atoms with Gasteiger partial charge in [0.25, 0.3) is 6.43 Å². The summed E-state index contributed by atoms with van der Waals surface area (Å²) in [6, 6.07) is 0.279. The lowest BCUT2D eigenvalue weighted by Gasteiger charge is -2.50. The van der Waals surface area contributed by atoms with Gasteiger partial charge >= 0.3 is 0 Å². The quantitative estimate of drug-likeness (QED) is 0.826. The Morgan fingerprint density at radius 3 is 2.41 bits per heavy atom. The lowest BCUT2D eigenvalue weighted by Crippen LogP contribution is -2.66. The fourth-order valence-electron chi connectivity index (χ4n) is 2.35. The van der Waals surface area contributed by atoms with Crippen LogP contribution < -0.4 is 5.32 Å². The minimum Gasteiger partial charge on any atom is -0.310 e. The molecule has 1 saturated heterocycles. The van der Waals surface area contributed by atoms with Crippen LogP contribution in [0.5, 0.6) is 0 Å². The molecule has 0 aromatic heterocycles. The molecular formula is C13H26F2N2. The Hall–Kier alpha value is -0.220. The van der Waals surface area contributed by atoms with Gasteiger partial charge in [0, 0.05) is 24.7 Å². The number of halogens is 2. The highest BCUT2D eigenvalue weighted by Gasteiger charge is 2.40. The average Bonchev–Trinajstić information content (AvgIpc) is 2.19. The van der Waals surface area contributed by atoms with Gasteiger partial charge in [-0.05, 0) is 18.8 Å². The van der Waals surface area contributed by atoms with Crippen LogP contribution in [0.1, 0.15) is 41.0 Å². The Bertz CT molecular complexity index is 250. The Morgan fingerprint density at radius 2 is 2.00 bits per heavy atom. The van der Waals surface area contributed by atoms with Gasteiger partial charge in [0.2, 0.25) is 0 Å². The molecular weight excluding hydrogens is 222 g/mol. The number of rotatable bonds is 3. The second kappa shape index (κ2) is 5.19. The van der Waals surface area contributed by atoms with E-state index in [2.05, 4.69) is 39.9 Å². The molecule has 0 saturated carbocycles. The molecule has 1 aliphatic heterocycles. The molecule has 1 aliphatic rings. The SMILES string of the molecule is CCC1(C)CNC(C(C)(C)C)CN1CC(F)F. The van der Waals surface area contributed by atoms with Crippen LogP contribution in [-0.2, 0) is 0 Å². The van der Waals surface area contributed by atoms with Crippen LogP contribution >= 0.6 is 0 Å². The van der Waals surface area contributed by atoms with Crippen molar-refractivity contribution in [1.29, 1.82) is 0 Å². The van der Waals surface area contributed by atoms with Crippen molar-refractivity contribution in [2.45, 2.75) is 59.0 Å². The van der Waals surface area contributed by atoms with Crippen molar-refractivity contribution in [3.05, 3.63) is 0 Å². The topological polar surface area (TPSA) is 15.3 Å². The van der Waals surface area contributed by atoms with E-state index in [0.717, 1.165) is 13.0 Å². The minimum atomic E-state index is -2.25. The molecule has 1 fully saturated rings. The maximum Gasteiger partial charge on any atom is 0.251 e. The molecule has 17 heavy (non-hydrogen) atoms. The third kappa shape index (κ3) is 3.62. The fraction of sp³-hybridized carbons (Fsp3) is 1.00. The number of nitrogens with one attached hydrogen (secondary N) is 1. The van der Waals surface area contributed by atoms with Gasteiger partial charge in [0.1, 0.15) is 0 Å². The van der Waals surface area contributed by atoms with Gasteiger partial charge in [0.15, 0.2) is 0 Å². The van der Waals surface area contributed by atoms with Crippen LogP contribution in [0, 0.1) is 5.41 Å². The third-order valence-electron chi connectivity index (χ3n) is 4.06. The van der Waals surface area contributed by atoms with Gasteiger partial charge in [-0.15, -0.1) is 0 Å². The molecule has 102 valence electrons. The lowest BCUT2D eigenvalue weighted by molar-refractivity contribution is -0.0189. The van der Waals surface area contributed by atoms with Crippen LogP contribution in [0.25, 0.3) is 0 Å². The highest BCUT2D eigenvalue weighted by atomic mass is 19.3. The maximum absolute atomic E-state index is 12.7. The molecule has 4 heteroatoms. The minimum absolute atomic E-state index is 0.107. The summed E-state index contributed by atoms with van der Waals surface area (Å²) in [4.78, 5) is 1.96. The second-order valence-corrected chi connectivity index (χ2v) is 6.45. The monoisotopic (exact) mass is 248 g/mol. The Kier molecular flexibility index (Phi) is 4.53. The number of nitrogens with zero attached hydrogens (tertiary/aromatic N) is 1. The fourth-order valence-corrected chi connectivity index (χ4v) is 2.35. The third-order valence-corrected chi connectivity index (χ3v) is 4.06.